The van der Waals surface area contributed by atoms with Crippen molar-refractivity contribution in [2.75, 3.05) is 25.9 Å². The largest absolute Gasteiger partial charge is 0.496 e. The molecular weight excluding hydrogens is 502 g/mol. The number of hydrogen-bond donors (Lipinski definition) is 2. The second kappa shape index (κ2) is 11.4. The normalized spacial score (nSPS) is 14.2. The molecule has 4 heterocycles. The highest BCUT2D eigenvalue weighted by molar-refractivity contribution is 5.94. The molecule has 0 bridgehead atoms. The predicted molar refractivity (Wildman–Crippen MR) is 142 cm³/mol. The summed E-state index contributed by atoms with van der Waals surface area (Å²) in [5.41, 5.74) is 12.9. The Labute approximate surface area is 224 Å². The van der Waals surface area contributed by atoms with Crippen molar-refractivity contribution in [1.82, 2.24) is 45.4 Å². The maximum atomic E-state index is 13.1. The summed E-state index contributed by atoms with van der Waals surface area (Å²) >= 11 is 0. The predicted octanol–water partition coefficient (Wildman–Crippen LogP) is 1.85. The number of piperidine rings is 1. The first kappa shape index (κ1) is 26.0. The van der Waals surface area contributed by atoms with Gasteiger partial charge >= 0.3 is 0 Å². The number of nitrogens with zero attached hydrogens (tertiary/aromatic N) is 9. The molecule has 14 nitrogen and oxygen atoms in total. The second-order valence-corrected chi connectivity index (χ2v) is 9.47. The number of carbonyl (C=O) groups is 1. The number of likely N-dealkylation sites (tertiary alicyclic amines) is 1. The van der Waals surface area contributed by atoms with Crippen LogP contribution in [0.4, 0.5) is 5.82 Å². The molecule has 1 saturated heterocycles. The molecule has 14 heteroatoms. The third kappa shape index (κ3) is 5.80. The molecule has 1 fully saturated rings. The zero-order chi connectivity index (χ0) is 27.4. The van der Waals surface area contributed by atoms with E-state index in [9.17, 15) is 4.79 Å². The molecule has 39 heavy (non-hydrogen) atoms. The topological polar surface area (TPSA) is 167 Å². The lowest BCUT2D eigenvalue weighted by Crippen LogP contribution is -2.31. The Morgan fingerprint density at radius 2 is 2.03 bits per heavy atom. The average Bonchev–Trinajstić information content (AvgIpc) is 3.63. The monoisotopic (exact) mass is 533 g/mol. The molecule has 4 aromatic rings. The molecule has 0 radical (unpaired) electrons. The van der Waals surface area contributed by atoms with Crippen molar-refractivity contribution in [2.24, 2.45) is 5.10 Å². The first-order valence-corrected chi connectivity index (χ1v) is 12.7. The number of nitrogens with one attached hydrogen (secondary N) is 1. The fraction of sp³-hybridized carbons (Fsp3) is 0.400. The van der Waals surface area contributed by atoms with E-state index in [1.807, 2.05) is 42.9 Å². The van der Waals surface area contributed by atoms with Crippen LogP contribution in [-0.4, -0.2) is 72.3 Å². The summed E-state index contributed by atoms with van der Waals surface area (Å²) in [5.74, 6) is 0.476. The minimum Gasteiger partial charge on any atom is -0.496 e. The van der Waals surface area contributed by atoms with Gasteiger partial charge in [-0.2, -0.15) is 14.9 Å². The molecule has 0 aliphatic carbocycles. The van der Waals surface area contributed by atoms with Crippen molar-refractivity contribution in [1.29, 1.82) is 0 Å². The van der Waals surface area contributed by atoms with Crippen LogP contribution < -0.4 is 15.9 Å². The van der Waals surface area contributed by atoms with Crippen LogP contribution in [0.5, 0.6) is 5.75 Å². The van der Waals surface area contributed by atoms with E-state index < -0.39 is 5.91 Å². The van der Waals surface area contributed by atoms with Crippen LogP contribution in [0.1, 0.15) is 57.8 Å². The van der Waals surface area contributed by atoms with Gasteiger partial charge in [-0.15, -0.1) is 5.10 Å². The third-order valence-electron chi connectivity index (χ3n) is 6.70. The van der Waals surface area contributed by atoms with E-state index in [1.54, 1.807) is 13.3 Å². The van der Waals surface area contributed by atoms with Crippen molar-refractivity contribution in [3.05, 3.63) is 58.2 Å². The molecule has 1 amide bonds. The molecule has 0 spiro atoms. The summed E-state index contributed by atoms with van der Waals surface area (Å²) < 4.78 is 13.5. The number of hydrazone groups is 1. The number of aromatic nitrogens is 7. The molecule has 1 aliphatic rings. The number of amides is 1. The molecular formula is C25H31N11O3. The standard InChI is InChI=1S/C25H31N11O3/c1-16-13-35(30-17(16)2)14-19-11-18(7-8-21(19)38-3)12-27-29-25(37)22-20(15-34-9-5-4-6-10-34)36(33-28-22)24-23(26)31-39-32-24/h7-8,11-13H,4-6,9-10,14-15H2,1-3H3,(H2,26,31)(H,29,37). The van der Waals surface area contributed by atoms with Crippen LogP contribution in [0.2, 0.25) is 0 Å². The molecule has 1 aliphatic heterocycles. The van der Waals surface area contributed by atoms with Crippen molar-refractivity contribution >= 4 is 17.9 Å². The van der Waals surface area contributed by atoms with E-state index in [1.165, 1.54) is 11.1 Å². The highest BCUT2D eigenvalue weighted by atomic mass is 16.6. The average molecular weight is 534 g/mol. The highest BCUT2D eigenvalue weighted by Gasteiger charge is 2.26. The summed E-state index contributed by atoms with van der Waals surface area (Å²) in [4.78, 5) is 15.4. The third-order valence-corrected chi connectivity index (χ3v) is 6.70. The molecule has 0 unspecified atom stereocenters. The van der Waals surface area contributed by atoms with E-state index in [-0.39, 0.29) is 17.3 Å². The minimum absolute atomic E-state index is 0.0560. The summed E-state index contributed by atoms with van der Waals surface area (Å²) in [6.07, 6.45) is 6.92. The lowest BCUT2D eigenvalue weighted by Gasteiger charge is -2.26. The number of aryl methyl sites for hydroxylation is 2. The number of rotatable bonds is 9. The number of nitrogens with two attached hydrogens (primary N) is 1. The highest BCUT2D eigenvalue weighted by Crippen LogP contribution is 2.22. The molecule has 5 rings (SSSR count). The smallest absolute Gasteiger partial charge is 0.293 e. The number of ether oxygens (including phenoxy) is 1. The van der Waals surface area contributed by atoms with Gasteiger partial charge in [-0.1, -0.05) is 11.6 Å². The Kier molecular flexibility index (Phi) is 7.63. The van der Waals surface area contributed by atoms with Gasteiger partial charge < -0.3 is 10.5 Å². The van der Waals surface area contributed by atoms with Crippen LogP contribution >= 0.6 is 0 Å². The maximum absolute atomic E-state index is 13.1. The van der Waals surface area contributed by atoms with Gasteiger partial charge in [-0.05, 0) is 79.4 Å². The zero-order valence-electron chi connectivity index (χ0n) is 22.2. The van der Waals surface area contributed by atoms with E-state index in [2.05, 4.69) is 41.2 Å². The number of anilines is 1. The van der Waals surface area contributed by atoms with Gasteiger partial charge in [-0.25, -0.2) is 10.1 Å². The Hall–Kier alpha value is -4.59. The van der Waals surface area contributed by atoms with Crippen molar-refractivity contribution in [3.8, 4) is 11.6 Å². The van der Waals surface area contributed by atoms with Gasteiger partial charge in [0.05, 0.1) is 31.3 Å². The number of benzene rings is 1. The summed E-state index contributed by atoms with van der Waals surface area (Å²) in [7, 11) is 1.63. The summed E-state index contributed by atoms with van der Waals surface area (Å²) in [6, 6.07) is 5.66. The fourth-order valence-corrected chi connectivity index (χ4v) is 4.55. The van der Waals surface area contributed by atoms with Crippen LogP contribution in [0, 0.1) is 13.8 Å². The molecule has 204 valence electrons. The Morgan fingerprint density at radius 3 is 2.72 bits per heavy atom. The van der Waals surface area contributed by atoms with E-state index in [0.29, 0.717) is 18.8 Å². The van der Waals surface area contributed by atoms with Gasteiger partial charge in [0.2, 0.25) is 11.6 Å². The molecule has 1 aromatic carbocycles. The van der Waals surface area contributed by atoms with Gasteiger partial charge in [-0.3, -0.25) is 14.4 Å². The molecule has 0 atom stereocenters. The molecule has 3 aromatic heterocycles. The number of carbonyl (C=O) groups excluding carboxylic acids is 1. The number of methoxy groups -OCH3 is 1. The van der Waals surface area contributed by atoms with Gasteiger partial charge in [0.15, 0.2) is 5.69 Å². The quantitative estimate of drug-likeness (QED) is 0.239. The summed E-state index contributed by atoms with van der Waals surface area (Å²) in [5, 5.41) is 24.4. The Bertz CT molecular complexity index is 1460. The van der Waals surface area contributed by atoms with Gasteiger partial charge in [0, 0.05) is 18.3 Å². The SMILES string of the molecule is COc1ccc(C=NNC(=O)c2nnn(-c3nonc3N)c2CN2CCCCC2)cc1Cn1cc(C)c(C)n1. The van der Waals surface area contributed by atoms with E-state index in [0.717, 1.165) is 54.1 Å². The van der Waals surface area contributed by atoms with Crippen molar-refractivity contribution in [3.63, 3.8) is 0 Å². The van der Waals surface area contributed by atoms with Crippen LogP contribution in [-0.2, 0) is 13.1 Å². The number of hydrogen-bond acceptors (Lipinski definition) is 11. The zero-order valence-corrected chi connectivity index (χ0v) is 22.2. The van der Waals surface area contributed by atoms with Crippen LogP contribution in [0.15, 0.2) is 34.1 Å². The second-order valence-electron chi connectivity index (χ2n) is 9.47. The number of nitrogen functional groups attached to an aromatic ring is 1. The summed E-state index contributed by atoms with van der Waals surface area (Å²) in [6.45, 7) is 6.80. The van der Waals surface area contributed by atoms with E-state index >= 15 is 0 Å². The first-order valence-electron chi connectivity index (χ1n) is 12.7. The van der Waals surface area contributed by atoms with Crippen LogP contribution in [0.25, 0.3) is 5.82 Å². The lowest BCUT2D eigenvalue weighted by atomic mass is 10.1. The molecule has 3 N–H and O–H groups in total. The Morgan fingerprint density at radius 1 is 1.21 bits per heavy atom. The first-order chi connectivity index (χ1) is 18.9. The minimum atomic E-state index is -0.504. The fourth-order valence-electron chi connectivity index (χ4n) is 4.55. The maximum Gasteiger partial charge on any atom is 0.293 e. The van der Waals surface area contributed by atoms with E-state index in [4.69, 9.17) is 15.1 Å². The molecule has 0 saturated carbocycles. The van der Waals surface area contributed by atoms with Crippen molar-refractivity contribution in [2.45, 2.75) is 46.2 Å². The lowest BCUT2D eigenvalue weighted by molar-refractivity contribution is 0.0947. The van der Waals surface area contributed by atoms with Gasteiger partial charge in [0.1, 0.15) is 5.75 Å². The van der Waals surface area contributed by atoms with Gasteiger partial charge in [0.25, 0.3) is 5.91 Å². The van der Waals surface area contributed by atoms with Crippen molar-refractivity contribution < 1.29 is 14.2 Å². The van der Waals surface area contributed by atoms with Crippen LogP contribution in [0.3, 0.4) is 0 Å². The Balaban J connectivity index is 1.34.